The highest BCUT2D eigenvalue weighted by Gasteiger charge is 2.39. The SMILES string of the molecule is C[C@@H]1COCCN1c1cc(N2CCN(C(=O)C3CC3)C(F)C2)c(C=N)c(Nc2ccn[nH]2)n1. The van der Waals surface area contributed by atoms with E-state index in [1.165, 1.54) is 11.1 Å². The Hall–Kier alpha value is -3.21. The van der Waals surface area contributed by atoms with Crippen LogP contribution in [0.4, 0.5) is 27.5 Å². The fraction of sp³-hybridized carbons (Fsp3) is 0.545. The maximum Gasteiger partial charge on any atom is 0.228 e. The topological polar surface area (TPSA) is 113 Å². The van der Waals surface area contributed by atoms with Crippen molar-refractivity contribution in [2.45, 2.75) is 32.1 Å². The lowest BCUT2D eigenvalue weighted by Crippen LogP contribution is -2.54. The molecule has 5 rings (SSSR count). The molecule has 0 spiro atoms. The number of nitrogens with one attached hydrogen (secondary N) is 3. The molecule has 2 aliphatic heterocycles. The number of alkyl halides is 1. The van der Waals surface area contributed by atoms with Gasteiger partial charge in [-0.25, -0.2) is 9.37 Å². The first-order chi connectivity index (χ1) is 16.0. The molecule has 2 aromatic heterocycles. The third-order valence-corrected chi connectivity index (χ3v) is 6.45. The Bertz CT molecular complexity index is 1010. The van der Waals surface area contributed by atoms with E-state index in [4.69, 9.17) is 15.1 Å². The second-order valence-electron chi connectivity index (χ2n) is 8.81. The summed E-state index contributed by atoms with van der Waals surface area (Å²) in [4.78, 5) is 22.7. The van der Waals surface area contributed by atoms with Crippen LogP contribution in [0.3, 0.4) is 0 Å². The van der Waals surface area contributed by atoms with Gasteiger partial charge in [-0.15, -0.1) is 0 Å². The molecule has 1 aliphatic carbocycles. The monoisotopic (exact) mass is 456 g/mol. The molecule has 2 saturated heterocycles. The second-order valence-corrected chi connectivity index (χ2v) is 8.81. The van der Waals surface area contributed by atoms with Crippen LogP contribution in [-0.4, -0.2) is 83.9 Å². The lowest BCUT2D eigenvalue weighted by Gasteiger charge is -2.40. The lowest BCUT2D eigenvalue weighted by atomic mass is 10.1. The lowest BCUT2D eigenvalue weighted by molar-refractivity contribution is -0.139. The highest BCUT2D eigenvalue weighted by Crippen LogP contribution is 2.36. The van der Waals surface area contributed by atoms with Crippen LogP contribution >= 0.6 is 0 Å². The molecule has 2 aromatic rings. The van der Waals surface area contributed by atoms with Gasteiger partial charge in [0.2, 0.25) is 5.91 Å². The third kappa shape index (κ3) is 4.37. The summed E-state index contributed by atoms with van der Waals surface area (Å²) in [6.45, 7) is 4.84. The van der Waals surface area contributed by atoms with Gasteiger partial charge < -0.3 is 30.2 Å². The minimum Gasteiger partial charge on any atom is -0.377 e. The molecule has 0 bridgehead atoms. The molecule has 11 heteroatoms. The number of carbonyl (C=O) groups is 1. The van der Waals surface area contributed by atoms with Gasteiger partial charge in [0.25, 0.3) is 0 Å². The number of ether oxygens (including phenoxy) is 1. The average molecular weight is 457 g/mol. The van der Waals surface area contributed by atoms with E-state index in [1.54, 1.807) is 12.3 Å². The Morgan fingerprint density at radius 2 is 2.21 bits per heavy atom. The van der Waals surface area contributed by atoms with Gasteiger partial charge in [0, 0.05) is 43.9 Å². The summed E-state index contributed by atoms with van der Waals surface area (Å²) < 4.78 is 20.7. The summed E-state index contributed by atoms with van der Waals surface area (Å²) in [5, 5.41) is 18.1. The predicted octanol–water partition coefficient (Wildman–Crippen LogP) is 2.13. The predicted molar refractivity (Wildman–Crippen MR) is 123 cm³/mol. The molecule has 176 valence electrons. The summed E-state index contributed by atoms with van der Waals surface area (Å²) in [5.74, 6) is 1.79. The number of anilines is 4. The third-order valence-electron chi connectivity index (χ3n) is 6.45. The standard InChI is InChI=1S/C22H29FN8O2/c1-14-13-33-9-8-30(14)20-10-17(16(11-24)21(27-20)26-19-4-5-25-28-19)29-6-7-31(18(23)12-29)22(32)15-2-3-15/h4-5,10-11,14-15,18,24H,2-3,6-9,12-13H2,1H3,(H2,25,26,27,28)/t14-,18?/m1/s1. The molecule has 0 radical (unpaired) electrons. The number of morpholine rings is 1. The van der Waals surface area contributed by atoms with E-state index in [9.17, 15) is 4.79 Å². The fourth-order valence-corrected chi connectivity index (χ4v) is 4.47. The molecule has 1 unspecified atom stereocenters. The van der Waals surface area contributed by atoms with Crippen molar-refractivity contribution in [2.24, 2.45) is 5.92 Å². The Balaban J connectivity index is 1.48. The maximum absolute atomic E-state index is 15.1. The molecule has 10 nitrogen and oxygen atoms in total. The molecule has 2 atom stereocenters. The van der Waals surface area contributed by atoms with Crippen LogP contribution in [-0.2, 0) is 9.53 Å². The zero-order chi connectivity index (χ0) is 22.9. The van der Waals surface area contributed by atoms with Gasteiger partial charge in [-0.05, 0) is 19.8 Å². The first kappa shape index (κ1) is 21.6. The minimum atomic E-state index is -1.38. The first-order valence-corrected chi connectivity index (χ1v) is 11.4. The number of aromatic nitrogens is 3. The number of rotatable bonds is 6. The van der Waals surface area contributed by atoms with Crippen molar-refractivity contribution in [1.82, 2.24) is 20.1 Å². The number of carbonyl (C=O) groups excluding carboxylic acids is 1. The van der Waals surface area contributed by atoms with Crippen molar-refractivity contribution in [3.63, 3.8) is 0 Å². The first-order valence-electron chi connectivity index (χ1n) is 11.4. The number of amides is 1. The Morgan fingerprint density at radius 1 is 1.36 bits per heavy atom. The molecule has 4 heterocycles. The summed E-state index contributed by atoms with van der Waals surface area (Å²) in [6.07, 6.45) is 3.21. The summed E-state index contributed by atoms with van der Waals surface area (Å²) in [5.41, 5.74) is 1.28. The number of halogens is 1. The Morgan fingerprint density at radius 3 is 2.88 bits per heavy atom. The van der Waals surface area contributed by atoms with E-state index >= 15 is 4.39 Å². The van der Waals surface area contributed by atoms with Gasteiger partial charge in [-0.3, -0.25) is 9.89 Å². The van der Waals surface area contributed by atoms with E-state index in [2.05, 4.69) is 27.3 Å². The number of pyridine rings is 1. The quantitative estimate of drug-likeness (QED) is 0.451. The van der Waals surface area contributed by atoms with Crippen molar-refractivity contribution >= 4 is 35.3 Å². The van der Waals surface area contributed by atoms with Crippen LogP contribution in [0, 0.1) is 11.3 Å². The normalized spacial score (nSPS) is 23.5. The summed E-state index contributed by atoms with van der Waals surface area (Å²) in [7, 11) is 0. The van der Waals surface area contributed by atoms with E-state index in [0.717, 1.165) is 24.3 Å². The van der Waals surface area contributed by atoms with Crippen LogP contribution in [0.2, 0.25) is 0 Å². The van der Waals surface area contributed by atoms with Crippen molar-refractivity contribution in [1.29, 1.82) is 5.41 Å². The van der Waals surface area contributed by atoms with E-state index < -0.39 is 6.30 Å². The van der Waals surface area contributed by atoms with Gasteiger partial charge in [-0.2, -0.15) is 5.10 Å². The van der Waals surface area contributed by atoms with E-state index in [1.807, 2.05) is 11.0 Å². The molecule has 1 amide bonds. The van der Waals surface area contributed by atoms with E-state index in [0.29, 0.717) is 50.0 Å². The number of nitrogens with zero attached hydrogens (tertiary/aromatic N) is 5. The van der Waals surface area contributed by atoms with Crippen LogP contribution < -0.4 is 15.1 Å². The van der Waals surface area contributed by atoms with Crippen molar-refractivity contribution in [2.75, 3.05) is 54.5 Å². The zero-order valence-electron chi connectivity index (χ0n) is 18.6. The molecular weight excluding hydrogens is 427 g/mol. The van der Waals surface area contributed by atoms with Crippen molar-refractivity contribution < 1.29 is 13.9 Å². The zero-order valence-corrected chi connectivity index (χ0v) is 18.6. The molecule has 3 N–H and O–H groups in total. The van der Waals surface area contributed by atoms with Crippen LogP contribution in [0.5, 0.6) is 0 Å². The number of H-pyrrole nitrogens is 1. The minimum absolute atomic E-state index is 0.00696. The molecule has 3 aliphatic rings. The molecular formula is C22H29FN8O2. The van der Waals surface area contributed by atoms with Crippen molar-refractivity contribution in [3.05, 3.63) is 23.9 Å². The van der Waals surface area contributed by atoms with E-state index in [-0.39, 0.29) is 24.4 Å². The fourth-order valence-electron chi connectivity index (χ4n) is 4.47. The van der Waals surface area contributed by atoms with Gasteiger partial charge in [0.1, 0.15) is 17.5 Å². The Labute approximate surface area is 191 Å². The number of hydrogen-bond acceptors (Lipinski definition) is 8. The molecule has 3 fully saturated rings. The summed E-state index contributed by atoms with van der Waals surface area (Å²) in [6, 6.07) is 3.83. The number of aromatic amines is 1. The van der Waals surface area contributed by atoms with Crippen LogP contribution in [0.1, 0.15) is 25.3 Å². The van der Waals surface area contributed by atoms with Crippen molar-refractivity contribution in [3.8, 4) is 0 Å². The van der Waals surface area contributed by atoms with Gasteiger partial charge >= 0.3 is 0 Å². The highest BCUT2D eigenvalue weighted by atomic mass is 19.1. The molecule has 1 saturated carbocycles. The highest BCUT2D eigenvalue weighted by molar-refractivity contribution is 5.94. The Kier molecular flexibility index (Phi) is 5.88. The average Bonchev–Trinajstić information content (AvgIpc) is 3.55. The maximum atomic E-state index is 15.1. The van der Waals surface area contributed by atoms with Gasteiger partial charge in [0.05, 0.1) is 43.2 Å². The second kappa shape index (κ2) is 8.97. The smallest absolute Gasteiger partial charge is 0.228 e. The molecule has 33 heavy (non-hydrogen) atoms. The largest absolute Gasteiger partial charge is 0.377 e. The van der Waals surface area contributed by atoms with Gasteiger partial charge in [-0.1, -0.05) is 0 Å². The van der Waals surface area contributed by atoms with Crippen LogP contribution in [0.25, 0.3) is 0 Å². The number of piperazine rings is 1. The molecule has 0 aromatic carbocycles. The summed E-state index contributed by atoms with van der Waals surface area (Å²) >= 11 is 0. The van der Waals surface area contributed by atoms with Gasteiger partial charge in [0.15, 0.2) is 6.30 Å². The number of hydrogen-bond donors (Lipinski definition) is 3. The van der Waals surface area contributed by atoms with Crippen LogP contribution in [0.15, 0.2) is 18.3 Å².